The predicted octanol–water partition coefficient (Wildman–Crippen LogP) is 0.564. The molecule has 1 saturated heterocycles. The van der Waals surface area contributed by atoms with Gasteiger partial charge >= 0.3 is 23.9 Å². The Morgan fingerprint density at radius 3 is 1.70 bits per heavy atom. The van der Waals surface area contributed by atoms with Crippen molar-refractivity contribution in [1.82, 2.24) is 15.1 Å². The maximum absolute atomic E-state index is 13.0. The number of carbonyl (C=O) groups is 4. The van der Waals surface area contributed by atoms with Crippen molar-refractivity contribution in [3.05, 3.63) is 0 Å². The van der Waals surface area contributed by atoms with Crippen molar-refractivity contribution < 1.29 is 38.9 Å². The summed E-state index contributed by atoms with van der Waals surface area (Å²) in [5, 5.41) is 21.8. The van der Waals surface area contributed by atoms with E-state index in [2.05, 4.69) is 5.32 Å². The van der Waals surface area contributed by atoms with E-state index in [0.717, 1.165) is 0 Å². The summed E-state index contributed by atoms with van der Waals surface area (Å²) in [5.41, 5.74) is -1.63. The molecular formula is C22H39N3O8. The van der Waals surface area contributed by atoms with Gasteiger partial charge in [-0.05, 0) is 48.0 Å². The molecule has 3 N–H and O–H groups in total. The summed E-state index contributed by atoms with van der Waals surface area (Å²) in [6.45, 7) is 12.3. The maximum atomic E-state index is 13.0. The fourth-order valence-corrected chi connectivity index (χ4v) is 3.45. The third kappa shape index (κ3) is 11.0. The highest BCUT2D eigenvalue weighted by molar-refractivity contribution is 5.99. The molecule has 1 fully saturated rings. The topological polar surface area (TPSA) is 146 Å². The van der Waals surface area contributed by atoms with Gasteiger partial charge in [-0.2, -0.15) is 0 Å². The zero-order valence-electron chi connectivity index (χ0n) is 20.5. The Morgan fingerprint density at radius 1 is 0.818 bits per heavy atom. The molecule has 1 aliphatic rings. The normalized spacial score (nSPS) is 18.0. The van der Waals surface area contributed by atoms with E-state index in [1.54, 1.807) is 51.3 Å². The second kappa shape index (κ2) is 12.3. The first-order valence-corrected chi connectivity index (χ1v) is 11.2. The number of hydrogen-bond acceptors (Lipinski definition) is 9. The third-order valence-electron chi connectivity index (χ3n) is 4.81. The highest BCUT2D eigenvalue weighted by Gasteiger charge is 2.40. The first-order valence-electron chi connectivity index (χ1n) is 11.2. The number of aliphatic carboxylic acids is 2. The van der Waals surface area contributed by atoms with Crippen LogP contribution in [0.25, 0.3) is 0 Å². The van der Waals surface area contributed by atoms with Crippen LogP contribution < -0.4 is 5.32 Å². The van der Waals surface area contributed by atoms with Crippen molar-refractivity contribution in [2.45, 2.75) is 77.7 Å². The standard InChI is InChI=1S/C22H39N3O8/c1-21(2,3)32-19(30)17(20(31)33-22(4,5)6)25-12-10-23-9-11-24(13-14-25)15(18(28)29)7-8-16(26)27/h15,17,23H,7-14H2,1-6H3,(H,26,27)(H,28,29). The predicted molar refractivity (Wildman–Crippen MR) is 120 cm³/mol. The van der Waals surface area contributed by atoms with Crippen LogP contribution in [0.2, 0.25) is 0 Å². The van der Waals surface area contributed by atoms with Crippen LogP contribution in [0.5, 0.6) is 0 Å². The molecule has 0 aromatic rings. The number of carbonyl (C=O) groups excluding carboxylic acids is 2. The summed E-state index contributed by atoms with van der Waals surface area (Å²) in [4.78, 5) is 52.1. The van der Waals surface area contributed by atoms with Gasteiger partial charge in [-0.15, -0.1) is 0 Å². The minimum Gasteiger partial charge on any atom is -0.481 e. The Balaban J connectivity index is 3.15. The van der Waals surface area contributed by atoms with Gasteiger partial charge in [0, 0.05) is 45.7 Å². The van der Waals surface area contributed by atoms with Gasteiger partial charge in [0.25, 0.3) is 0 Å². The zero-order chi connectivity index (χ0) is 25.4. The molecule has 190 valence electrons. The van der Waals surface area contributed by atoms with Crippen LogP contribution >= 0.6 is 0 Å². The van der Waals surface area contributed by atoms with Gasteiger partial charge < -0.3 is 25.0 Å². The summed E-state index contributed by atoms with van der Waals surface area (Å²) in [6, 6.07) is -2.31. The Labute approximate surface area is 195 Å². The number of hydrogen-bond donors (Lipinski definition) is 3. The van der Waals surface area contributed by atoms with Crippen LogP contribution in [-0.2, 0) is 28.7 Å². The first kappa shape index (κ1) is 28.8. The van der Waals surface area contributed by atoms with Crippen LogP contribution in [0.1, 0.15) is 54.4 Å². The molecule has 0 spiro atoms. The van der Waals surface area contributed by atoms with E-state index in [1.165, 1.54) is 0 Å². The van der Waals surface area contributed by atoms with Crippen molar-refractivity contribution in [2.75, 3.05) is 39.3 Å². The molecule has 0 saturated carbocycles. The Hall–Kier alpha value is -2.24. The summed E-state index contributed by atoms with van der Waals surface area (Å²) in [7, 11) is 0. The lowest BCUT2D eigenvalue weighted by Crippen LogP contribution is -2.54. The van der Waals surface area contributed by atoms with E-state index in [0.29, 0.717) is 26.2 Å². The second-order valence-electron chi connectivity index (χ2n) is 10.1. The summed E-state index contributed by atoms with van der Waals surface area (Å²) >= 11 is 0. The van der Waals surface area contributed by atoms with Crippen molar-refractivity contribution in [2.24, 2.45) is 0 Å². The molecule has 1 heterocycles. The van der Waals surface area contributed by atoms with E-state index in [4.69, 9.17) is 14.6 Å². The van der Waals surface area contributed by atoms with E-state index in [-0.39, 0.29) is 25.9 Å². The first-order chi connectivity index (χ1) is 15.1. The van der Waals surface area contributed by atoms with Gasteiger partial charge in [-0.1, -0.05) is 0 Å². The molecule has 1 aliphatic heterocycles. The second-order valence-corrected chi connectivity index (χ2v) is 10.1. The molecule has 11 nitrogen and oxygen atoms in total. The highest BCUT2D eigenvalue weighted by Crippen LogP contribution is 2.17. The van der Waals surface area contributed by atoms with E-state index in [1.807, 2.05) is 0 Å². The molecule has 1 rings (SSSR count). The molecule has 0 bridgehead atoms. The molecule has 1 unspecified atom stereocenters. The average molecular weight is 474 g/mol. The molecule has 11 heteroatoms. The Bertz CT molecular complexity index is 671. The van der Waals surface area contributed by atoms with Crippen molar-refractivity contribution >= 4 is 23.9 Å². The maximum Gasteiger partial charge on any atom is 0.335 e. The molecular weight excluding hydrogens is 434 g/mol. The molecule has 1 atom stereocenters. The van der Waals surface area contributed by atoms with Crippen molar-refractivity contribution in [1.29, 1.82) is 0 Å². The molecule has 33 heavy (non-hydrogen) atoms. The number of rotatable bonds is 8. The van der Waals surface area contributed by atoms with E-state index >= 15 is 0 Å². The van der Waals surface area contributed by atoms with E-state index < -0.39 is 47.2 Å². The molecule has 0 amide bonds. The van der Waals surface area contributed by atoms with Crippen LogP contribution in [0.3, 0.4) is 0 Å². The SMILES string of the molecule is CC(C)(C)OC(=O)C(C(=O)OC(C)(C)C)N1CCNCCN(C(CCC(=O)O)C(=O)O)CC1. The number of carboxylic acids is 2. The lowest BCUT2D eigenvalue weighted by molar-refractivity contribution is -0.176. The zero-order valence-corrected chi connectivity index (χ0v) is 20.5. The monoisotopic (exact) mass is 473 g/mol. The highest BCUT2D eigenvalue weighted by atomic mass is 16.6. The lowest BCUT2D eigenvalue weighted by atomic mass is 10.1. The molecule has 0 radical (unpaired) electrons. The fraction of sp³-hybridized carbons (Fsp3) is 0.818. The van der Waals surface area contributed by atoms with Gasteiger partial charge in [0.1, 0.15) is 17.2 Å². The molecule has 0 aliphatic carbocycles. The van der Waals surface area contributed by atoms with Crippen LogP contribution in [-0.4, -0.2) is 106 Å². The van der Waals surface area contributed by atoms with Gasteiger partial charge in [-0.25, -0.2) is 9.59 Å². The van der Waals surface area contributed by atoms with E-state index in [9.17, 15) is 24.3 Å². The lowest BCUT2D eigenvalue weighted by Gasteiger charge is -2.34. The minimum atomic E-state index is -1.31. The summed E-state index contributed by atoms with van der Waals surface area (Å²) < 4.78 is 11.0. The van der Waals surface area contributed by atoms with Crippen LogP contribution in [0, 0.1) is 0 Å². The number of nitrogens with one attached hydrogen (secondary N) is 1. The van der Waals surface area contributed by atoms with Gasteiger partial charge in [0.05, 0.1) is 0 Å². The largest absolute Gasteiger partial charge is 0.481 e. The van der Waals surface area contributed by atoms with Gasteiger partial charge in [-0.3, -0.25) is 19.4 Å². The Morgan fingerprint density at radius 2 is 1.27 bits per heavy atom. The molecule has 0 aromatic heterocycles. The quantitative estimate of drug-likeness (QED) is 0.336. The van der Waals surface area contributed by atoms with Gasteiger partial charge in [0.15, 0.2) is 0 Å². The number of nitrogens with zero attached hydrogens (tertiary/aromatic N) is 2. The number of carboxylic acid groups (broad SMARTS) is 2. The Kier molecular flexibility index (Phi) is 10.7. The summed E-state index contributed by atoms with van der Waals surface area (Å²) in [5.74, 6) is -3.65. The number of esters is 2. The van der Waals surface area contributed by atoms with Crippen LogP contribution in [0.4, 0.5) is 0 Å². The minimum absolute atomic E-state index is 0.0494. The smallest absolute Gasteiger partial charge is 0.335 e. The summed E-state index contributed by atoms with van der Waals surface area (Å²) in [6.07, 6.45) is -0.324. The average Bonchev–Trinajstić information content (AvgIpc) is 2.71. The molecule has 0 aromatic carbocycles. The van der Waals surface area contributed by atoms with Crippen LogP contribution in [0.15, 0.2) is 0 Å². The third-order valence-corrected chi connectivity index (χ3v) is 4.81. The van der Waals surface area contributed by atoms with Crippen molar-refractivity contribution in [3.63, 3.8) is 0 Å². The number of ether oxygens (including phenoxy) is 2. The fourth-order valence-electron chi connectivity index (χ4n) is 3.45. The van der Waals surface area contributed by atoms with Gasteiger partial charge in [0.2, 0.25) is 6.04 Å². The van der Waals surface area contributed by atoms with Crippen molar-refractivity contribution in [3.8, 4) is 0 Å².